The van der Waals surface area contributed by atoms with Gasteiger partial charge in [0.2, 0.25) is 0 Å². The maximum atomic E-state index is 13.3. The van der Waals surface area contributed by atoms with E-state index in [9.17, 15) is 14.4 Å². The molecule has 8 nitrogen and oxygen atoms in total. The van der Waals surface area contributed by atoms with E-state index in [0.717, 1.165) is 10.9 Å². The molecular formula is C31H34N4O4. The fraction of sp³-hybridized carbons (Fsp3) is 0.290. The SMILES string of the molecule is Cc1nn(C(=O)OC(C)(C)C)c2cc(NC(=O)c3ccccc3NC(=O)c3ccc(C(C)(C)C)cc3)ccc12. The number of benzene rings is 3. The molecule has 1 aromatic heterocycles. The van der Waals surface area contributed by atoms with Gasteiger partial charge in [0.25, 0.3) is 11.8 Å². The van der Waals surface area contributed by atoms with Gasteiger partial charge in [-0.3, -0.25) is 9.59 Å². The van der Waals surface area contributed by atoms with E-state index in [4.69, 9.17) is 4.74 Å². The van der Waals surface area contributed by atoms with Gasteiger partial charge in [-0.2, -0.15) is 9.78 Å². The molecule has 4 rings (SSSR count). The van der Waals surface area contributed by atoms with Gasteiger partial charge in [-0.15, -0.1) is 0 Å². The summed E-state index contributed by atoms with van der Waals surface area (Å²) in [5.41, 5.74) is 3.25. The first-order valence-corrected chi connectivity index (χ1v) is 12.8. The molecule has 0 aliphatic carbocycles. The topological polar surface area (TPSA) is 102 Å². The number of nitrogens with one attached hydrogen (secondary N) is 2. The van der Waals surface area contributed by atoms with Crippen molar-refractivity contribution in [2.75, 3.05) is 10.6 Å². The van der Waals surface area contributed by atoms with Crippen molar-refractivity contribution >= 4 is 40.2 Å². The number of carbonyl (C=O) groups is 3. The van der Waals surface area contributed by atoms with Crippen molar-refractivity contribution in [3.8, 4) is 0 Å². The Hall–Kier alpha value is -4.46. The highest BCUT2D eigenvalue weighted by Crippen LogP contribution is 2.26. The maximum absolute atomic E-state index is 13.3. The molecular weight excluding hydrogens is 492 g/mol. The number of carbonyl (C=O) groups excluding carboxylic acids is 3. The molecule has 0 radical (unpaired) electrons. The largest absolute Gasteiger partial charge is 0.442 e. The summed E-state index contributed by atoms with van der Waals surface area (Å²) in [6.07, 6.45) is -0.604. The van der Waals surface area contributed by atoms with E-state index in [1.165, 1.54) is 4.68 Å². The molecule has 0 aliphatic rings. The smallest absolute Gasteiger partial charge is 0.435 e. The minimum Gasteiger partial charge on any atom is -0.442 e. The fourth-order valence-corrected chi connectivity index (χ4v) is 4.10. The summed E-state index contributed by atoms with van der Waals surface area (Å²) in [6, 6.07) is 19.5. The molecule has 4 aromatic rings. The summed E-state index contributed by atoms with van der Waals surface area (Å²) in [4.78, 5) is 39.0. The van der Waals surface area contributed by atoms with Gasteiger partial charge in [-0.25, -0.2) is 4.79 Å². The van der Waals surface area contributed by atoms with Gasteiger partial charge in [0, 0.05) is 16.6 Å². The number of nitrogens with zero attached hydrogens (tertiary/aromatic N) is 2. The summed E-state index contributed by atoms with van der Waals surface area (Å²) in [5.74, 6) is -0.720. The molecule has 2 amide bonds. The fourth-order valence-electron chi connectivity index (χ4n) is 4.10. The number of ether oxygens (including phenoxy) is 1. The highest BCUT2D eigenvalue weighted by atomic mass is 16.6. The molecule has 0 fully saturated rings. The van der Waals surface area contributed by atoms with Crippen LogP contribution in [0.5, 0.6) is 0 Å². The van der Waals surface area contributed by atoms with Crippen LogP contribution in [0.25, 0.3) is 10.9 Å². The average molecular weight is 527 g/mol. The van der Waals surface area contributed by atoms with Crippen molar-refractivity contribution in [2.45, 2.75) is 59.5 Å². The predicted molar refractivity (Wildman–Crippen MR) is 154 cm³/mol. The number of anilines is 2. The zero-order valence-electron chi connectivity index (χ0n) is 23.4. The minimum atomic E-state index is -0.683. The van der Waals surface area contributed by atoms with Crippen LogP contribution in [0, 0.1) is 6.92 Å². The Labute approximate surface area is 228 Å². The van der Waals surface area contributed by atoms with Crippen molar-refractivity contribution in [2.24, 2.45) is 0 Å². The molecule has 0 atom stereocenters. The molecule has 8 heteroatoms. The van der Waals surface area contributed by atoms with Crippen LogP contribution >= 0.6 is 0 Å². The number of fused-ring (bicyclic) bond motifs is 1. The van der Waals surface area contributed by atoms with Crippen LogP contribution in [0.3, 0.4) is 0 Å². The zero-order chi connectivity index (χ0) is 28.5. The number of aryl methyl sites for hydroxylation is 1. The van der Waals surface area contributed by atoms with E-state index in [1.807, 2.05) is 12.1 Å². The van der Waals surface area contributed by atoms with Crippen molar-refractivity contribution in [3.05, 3.63) is 89.1 Å². The first-order valence-electron chi connectivity index (χ1n) is 12.8. The lowest BCUT2D eigenvalue weighted by Crippen LogP contribution is -2.27. The average Bonchev–Trinajstić information content (AvgIpc) is 3.18. The molecule has 202 valence electrons. The van der Waals surface area contributed by atoms with E-state index in [-0.39, 0.29) is 11.3 Å². The van der Waals surface area contributed by atoms with E-state index in [1.54, 1.807) is 82.3 Å². The minimum absolute atomic E-state index is 0.0218. The monoisotopic (exact) mass is 526 g/mol. The molecule has 3 aromatic carbocycles. The van der Waals surface area contributed by atoms with Gasteiger partial charge in [0.05, 0.1) is 22.5 Å². The quantitative estimate of drug-likeness (QED) is 0.300. The third-order valence-corrected chi connectivity index (χ3v) is 6.12. The van der Waals surface area contributed by atoms with Crippen LogP contribution in [-0.2, 0) is 10.2 Å². The molecule has 0 saturated carbocycles. The van der Waals surface area contributed by atoms with Crippen molar-refractivity contribution < 1.29 is 19.1 Å². The molecule has 0 spiro atoms. The second-order valence-electron chi connectivity index (χ2n) is 11.5. The molecule has 2 N–H and O–H groups in total. The first kappa shape index (κ1) is 27.6. The normalized spacial score (nSPS) is 11.8. The van der Waals surface area contributed by atoms with Crippen LogP contribution in [0.1, 0.15) is 73.5 Å². The lowest BCUT2D eigenvalue weighted by atomic mass is 9.86. The van der Waals surface area contributed by atoms with Crippen LogP contribution in [0.2, 0.25) is 0 Å². The Morgan fingerprint density at radius 1 is 0.821 bits per heavy atom. The van der Waals surface area contributed by atoms with Gasteiger partial charge in [0.1, 0.15) is 5.60 Å². The van der Waals surface area contributed by atoms with Gasteiger partial charge in [-0.1, -0.05) is 45.0 Å². The summed E-state index contributed by atoms with van der Waals surface area (Å²) in [6.45, 7) is 13.5. The summed E-state index contributed by atoms with van der Waals surface area (Å²) in [5, 5.41) is 10.8. The van der Waals surface area contributed by atoms with Crippen molar-refractivity contribution in [1.82, 2.24) is 9.78 Å². The van der Waals surface area contributed by atoms with Gasteiger partial charge in [-0.05, 0) is 81.1 Å². The van der Waals surface area contributed by atoms with Crippen LogP contribution in [-0.4, -0.2) is 33.3 Å². The number of para-hydroxylation sites is 1. The Kier molecular flexibility index (Phi) is 7.33. The lowest BCUT2D eigenvalue weighted by molar-refractivity contribution is 0.0522. The summed E-state index contributed by atoms with van der Waals surface area (Å²) in [7, 11) is 0. The van der Waals surface area contributed by atoms with Gasteiger partial charge < -0.3 is 15.4 Å². The number of aromatic nitrogens is 2. The van der Waals surface area contributed by atoms with Gasteiger partial charge >= 0.3 is 6.09 Å². The number of rotatable bonds is 4. The molecule has 0 bridgehead atoms. The third-order valence-electron chi connectivity index (χ3n) is 6.12. The van der Waals surface area contributed by atoms with E-state index >= 15 is 0 Å². The zero-order valence-corrected chi connectivity index (χ0v) is 23.4. The van der Waals surface area contributed by atoms with E-state index < -0.39 is 17.6 Å². The third kappa shape index (κ3) is 6.34. The lowest BCUT2D eigenvalue weighted by Gasteiger charge is -2.19. The molecule has 0 unspecified atom stereocenters. The Balaban J connectivity index is 1.56. The second kappa shape index (κ2) is 10.4. The molecule has 0 aliphatic heterocycles. The van der Waals surface area contributed by atoms with Crippen LogP contribution in [0.15, 0.2) is 66.7 Å². The van der Waals surface area contributed by atoms with Crippen molar-refractivity contribution in [3.63, 3.8) is 0 Å². The van der Waals surface area contributed by atoms with E-state index in [0.29, 0.717) is 33.7 Å². The number of hydrogen-bond acceptors (Lipinski definition) is 5. The van der Waals surface area contributed by atoms with Crippen LogP contribution in [0.4, 0.5) is 16.2 Å². The molecule has 39 heavy (non-hydrogen) atoms. The highest BCUT2D eigenvalue weighted by Gasteiger charge is 2.22. The first-order chi connectivity index (χ1) is 18.2. The molecule has 1 heterocycles. The summed E-state index contributed by atoms with van der Waals surface area (Å²) < 4.78 is 6.68. The van der Waals surface area contributed by atoms with E-state index in [2.05, 4.69) is 36.5 Å². The summed E-state index contributed by atoms with van der Waals surface area (Å²) >= 11 is 0. The highest BCUT2D eigenvalue weighted by molar-refractivity contribution is 6.13. The maximum Gasteiger partial charge on any atom is 0.435 e. The Morgan fingerprint density at radius 3 is 2.13 bits per heavy atom. The van der Waals surface area contributed by atoms with Gasteiger partial charge in [0.15, 0.2) is 0 Å². The Morgan fingerprint density at radius 2 is 1.49 bits per heavy atom. The standard InChI is InChI=1S/C31H34N4O4/c1-19-23-17-16-22(18-26(23)35(34-19)29(38)39-31(5,6)7)32-28(37)24-10-8-9-11-25(24)33-27(36)20-12-14-21(15-13-20)30(2,3)4/h8-18H,1-7H3,(H,32,37)(H,33,36). The second-order valence-corrected chi connectivity index (χ2v) is 11.5. The molecule has 0 saturated heterocycles. The number of amides is 2. The van der Waals surface area contributed by atoms with Crippen LogP contribution < -0.4 is 10.6 Å². The predicted octanol–water partition coefficient (Wildman–Crippen LogP) is 6.93. The van der Waals surface area contributed by atoms with Crippen molar-refractivity contribution in [1.29, 1.82) is 0 Å². The Bertz CT molecular complexity index is 1550. The number of hydrogen-bond donors (Lipinski definition) is 2.